The predicted octanol–water partition coefficient (Wildman–Crippen LogP) is 3.45. The zero-order chi connectivity index (χ0) is 12.3. The Balaban J connectivity index is 1.80. The summed E-state index contributed by atoms with van der Waals surface area (Å²) in [6.07, 6.45) is 5.29. The Morgan fingerprint density at radius 2 is 2.00 bits per heavy atom. The van der Waals surface area contributed by atoms with Gasteiger partial charge >= 0.3 is 0 Å². The third-order valence-corrected chi connectivity index (χ3v) is 3.86. The second-order valence-electron chi connectivity index (χ2n) is 6.09. The molecule has 1 aromatic rings. The molecule has 0 radical (unpaired) electrons. The van der Waals surface area contributed by atoms with Crippen molar-refractivity contribution in [2.45, 2.75) is 59.0 Å². The van der Waals surface area contributed by atoms with E-state index in [1.165, 1.54) is 25.7 Å². The molecule has 2 heteroatoms. The van der Waals surface area contributed by atoms with Gasteiger partial charge < -0.3 is 5.32 Å². The van der Waals surface area contributed by atoms with E-state index in [1.807, 2.05) is 13.0 Å². The summed E-state index contributed by atoms with van der Waals surface area (Å²) in [5.41, 5.74) is 2.82. The van der Waals surface area contributed by atoms with Gasteiger partial charge in [-0.3, -0.25) is 4.98 Å². The molecule has 0 aromatic carbocycles. The summed E-state index contributed by atoms with van der Waals surface area (Å²) in [6, 6.07) is 6.92. The topological polar surface area (TPSA) is 24.9 Å². The average molecular weight is 232 g/mol. The number of aryl methyl sites for hydroxylation is 1. The molecule has 0 atom stereocenters. The minimum Gasteiger partial charge on any atom is -0.308 e. The maximum atomic E-state index is 4.52. The summed E-state index contributed by atoms with van der Waals surface area (Å²) in [7, 11) is 0. The highest BCUT2D eigenvalue weighted by atomic mass is 14.9. The Hall–Kier alpha value is -0.890. The first kappa shape index (κ1) is 12.6. The van der Waals surface area contributed by atoms with Crippen molar-refractivity contribution in [1.29, 1.82) is 0 Å². The first-order valence-corrected chi connectivity index (χ1v) is 6.71. The van der Waals surface area contributed by atoms with Crippen LogP contribution in [0, 0.1) is 12.3 Å². The number of nitrogens with zero attached hydrogens (tertiary/aromatic N) is 1. The number of nitrogens with one attached hydrogen (secondary N) is 1. The van der Waals surface area contributed by atoms with Gasteiger partial charge in [0.15, 0.2) is 0 Å². The van der Waals surface area contributed by atoms with Gasteiger partial charge in [0.05, 0.1) is 5.69 Å². The Labute approximate surface area is 105 Å². The summed E-state index contributed by atoms with van der Waals surface area (Å²) in [5, 5.41) is 3.64. The molecule has 1 aliphatic rings. The Kier molecular flexibility index (Phi) is 3.82. The van der Waals surface area contributed by atoms with E-state index in [1.54, 1.807) is 0 Å². The number of hydrogen-bond acceptors (Lipinski definition) is 2. The fourth-order valence-electron chi connectivity index (χ4n) is 2.55. The molecule has 1 fully saturated rings. The van der Waals surface area contributed by atoms with Crippen LogP contribution in [0.3, 0.4) is 0 Å². The molecule has 1 aliphatic carbocycles. The predicted molar refractivity (Wildman–Crippen MR) is 71.9 cm³/mol. The fraction of sp³-hybridized carbons (Fsp3) is 0.667. The summed E-state index contributed by atoms with van der Waals surface area (Å²) in [6.45, 7) is 7.72. The van der Waals surface area contributed by atoms with E-state index in [0.29, 0.717) is 11.5 Å². The van der Waals surface area contributed by atoms with E-state index in [-0.39, 0.29) is 0 Å². The Morgan fingerprint density at radius 1 is 1.29 bits per heavy atom. The van der Waals surface area contributed by atoms with Crippen molar-refractivity contribution in [3.63, 3.8) is 0 Å². The molecule has 0 amide bonds. The first-order chi connectivity index (χ1) is 8.05. The van der Waals surface area contributed by atoms with Crippen LogP contribution in [0.25, 0.3) is 0 Å². The van der Waals surface area contributed by atoms with Gasteiger partial charge in [-0.25, -0.2) is 0 Å². The second-order valence-corrected chi connectivity index (χ2v) is 6.09. The zero-order valence-corrected chi connectivity index (χ0v) is 11.3. The van der Waals surface area contributed by atoms with E-state index in [2.05, 4.69) is 36.3 Å². The number of pyridine rings is 1. The number of hydrogen-bond donors (Lipinski definition) is 1. The molecule has 1 aromatic heterocycles. The number of rotatable bonds is 3. The minimum absolute atomic E-state index is 0.555. The molecule has 1 N–H and O–H groups in total. The molecule has 17 heavy (non-hydrogen) atoms. The molecule has 2 nitrogen and oxygen atoms in total. The molecule has 0 aliphatic heterocycles. The quantitative estimate of drug-likeness (QED) is 0.863. The lowest BCUT2D eigenvalue weighted by molar-refractivity contribution is 0.205. The molecule has 1 saturated carbocycles. The van der Waals surface area contributed by atoms with Gasteiger partial charge in [-0.1, -0.05) is 19.9 Å². The molecule has 0 saturated heterocycles. The molecule has 1 heterocycles. The zero-order valence-electron chi connectivity index (χ0n) is 11.3. The molecule has 94 valence electrons. The summed E-state index contributed by atoms with van der Waals surface area (Å²) in [4.78, 5) is 4.52. The maximum absolute atomic E-state index is 4.52. The van der Waals surface area contributed by atoms with Crippen LogP contribution < -0.4 is 5.32 Å². The van der Waals surface area contributed by atoms with E-state index in [4.69, 9.17) is 0 Å². The average Bonchev–Trinajstić information content (AvgIpc) is 2.28. The third kappa shape index (κ3) is 3.81. The van der Waals surface area contributed by atoms with Crippen LogP contribution in [0.1, 0.15) is 50.9 Å². The van der Waals surface area contributed by atoms with Crippen molar-refractivity contribution in [2.75, 3.05) is 0 Å². The van der Waals surface area contributed by atoms with Gasteiger partial charge in [-0.15, -0.1) is 0 Å². The van der Waals surface area contributed by atoms with E-state index < -0.39 is 0 Å². The van der Waals surface area contributed by atoms with E-state index >= 15 is 0 Å². The Morgan fingerprint density at radius 3 is 2.65 bits per heavy atom. The van der Waals surface area contributed by atoms with Crippen LogP contribution in [0.15, 0.2) is 18.2 Å². The summed E-state index contributed by atoms with van der Waals surface area (Å²) < 4.78 is 0. The second kappa shape index (κ2) is 5.18. The van der Waals surface area contributed by atoms with E-state index in [9.17, 15) is 0 Å². The summed E-state index contributed by atoms with van der Waals surface area (Å²) >= 11 is 0. The third-order valence-electron chi connectivity index (χ3n) is 3.86. The molecule has 0 spiro atoms. The molecule has 0 unspecified atom stereocenters. The van der Waals surface area contributed by atoms with Crippen LogP contribution in [-0.2, 0) is 6.54 Å². The van der Waals surface area contributed by atoms with Crippen molar-refractivity contribution in [3.05, 3.63) is 29.6 Å². The van der Waals surface area contributed by atoms with Crippen LogP contribution >= 0.6 is 0 Å². The lowest BCUT2D eigenvalue weighted by Crippen LogP contribution is -2.35. The highest BCUT2D eigenvalue weighted by Gasteiger charge is 2.26. The molecule has 0 bridgehead atoms. The standard InChI is InChI=1S/C15H24N2/c1-12-5-4-6-14(17-12)11-16-13-7-9-15(2,3)10-8-13/h4-6,13,16H,7-11H2,1-3H3. The van der Waals surface area contributed by atoms with Gasteiger partial charge in [-0.2, -0.15) is 0 Å². The molecular formula is C15H24N2. The largest absolute Gasteiger partial charge is 0.308 e. The van der Waals surface area contributed by atoms with Crippen molar-refractivity contribution in [3.8, 4) is 0 Å². The maximum Gasteiger partial charge on any atom is 0.0544 e. The van der Waals surface area contributed by atoms with Gasteiger partial charge in [0, 0.05) is 18.3 Å². The first-order valence-electron chi connectivity index (χ1n) is 6.71. The summed E-state index contributed by atoms with van der Waals surface area (Å²) in [5.74, 6) is 0. The van der Waals surface area contributed by atoms with Crippen molar-refractivity contribution >= 4 is 0 Å². The van der Waals surface area contributed by atoms with Gasteiger partial charge in [0.25, 0.3) is 0 Å². The molecule has 2 rings (SSSR count). The Bertz CT molecular complexity index is 361. The highest BCUT2D eigenvalue weighted by Crippen LogP contribution is 2.34. The molecular weight excluding hydrogens is 208 g/mol. The minimum atomic E-state index is 0.555. The fourth-order valence-corrected chi connectivity index (χ4v) is 2.55. The van der Waals surface area contributed by atoms with Crippen LogP contribution in [0.5, 0.6) is 0 Å². The SMILES string of the molecule is Cc1cccc(CNC2CCC(C)(C)CC2)n1. The van der Waals surface area contributed by atoms with Crippen molar-refractivity contribution in [1.82, 2.24) is 10.3 Å². The van der Waals surface area contributed by atoms with Crippen molar-refractivity contribution in [2.24, 2.45) is 5.41 Å². The lowest BCUT2D eigenvalue weighted by Gasteiger charge is -2.34. The van der Waals surface area contributed by atoms with Gasteiger partial charge in [0.1, 0.15) is 0 Å². The smallest absolute Gasteiger partial charge is 0.0544 e. The normalized spacial score (nSPS) is 20.4. The monoisotopic (exact) mass is 232 g/mol. The van der Waals surface area contributed by atoms with Gasteiger partial charge in [0.2, 0.25) is 0 Å². The lowest BCUT2D eigenvalue weighted by atomic mass is 9.75. The van der Waals surface area contributed by atoms with Crippen LogP contribution in [0.2, 0.25) is 0 Å². The highest BCUT2D eigenvalue weighted by molar-refractivity contribution is 5.09. The van der Waals surface area contributed by atoms with Crippen molar-refractivity contribution < 1.29 is 0 Å². The van der Waals surface area contributed by atoms with E-state index in [0.717, 1.165) is 17.9 Å². The van der Waals surface area contributed by atoms with Crippen LogP contribution in [-0.4, -0.2) is 11.0 Å². The number of aromatic nitrogens is 1. The van der Waals surface area contributed by atoms with Crippen LogP contribution in [0.4, 0.5) is 0 Å². The van der Waals surface area contributed by atoms with Gasteiger partial charge in [-0.05, 0) is 50.2 Å².